The summed E-state index contributed by atoms with van der Waals surface area (Å²) in [5.74, 6) is 1.80. The van der Waals surface area contributed by atoms with E-state index in [0.29, 0.717) is 23.9 Å². The van der Waals surface area contributed by atoms with Crippen LogP contribution in [0.3, 0.4) is 0 Å². The van der Waals surface area contributed by atoms with Gasteiger partial charge in [-0.05, 0) is 32.1 Å². The van der Waals surface area contributed by atoms with Crippen LogP contribution in [0.25, 0.3) is 0 Å². The van der Waals surface area contributed by atoms with Gasteiger partial charge in [-0.25, -0.2) is 0 Å². The number of ether oxygens (including phenoxy) is 2. The first-order chi connectivity index (χ1) is 6.97. The molecular weight excluding hydrogens is 188 g/mol. The Labute approximate surface area is 94.3 Å². The molecule has 90 valence electrons. The Morgan fingerprint density at radius 2 is 1.67 bits per heavy atom. The van der Waals surface area contributed by atoms with Crippen LogP contribution < -0.4 is 0 Å². The first-order valence-corrected chi connectivity index (χ1v) is 6.28. The highest BCUT2D eigenvalue weighted by molar-refractivity contribution is 4.82. The summed E-state index contributed by atoms with van der Waals surface area (Å²) in [5.41, 5.74) is 0. The molecule has 0 N–H and O–H groups in total. The molecule has 0 saturated carbocycles. The zero-order chi connectivity index (χ0) is 11.6. The van der Waals surface area contributed by atoms with E-state index in [0.717, 1.165) is 6.42 Å². The van der Waals surface area contributed by atoms with E-state index in [1.54, 1.807) is 0 Å². The molecule has 15 heavy (non-hydrogen) atoms. The monoisotopic (exact) mass is 214 g/mol. The molecule has 0 aromatic rings. The van der Waals surface area contributed by atoms with Gasteiger partial charge in [0.05, 0.1) is 12.2 Å². The van der Waals surface area contributed by atoms with E-state index in [4.69, 9.17) is 9.47 Å². The third-order valence-corrected chi connectivity index (χ3v) is 3.79. The van der Waals surface area contributed by atoms with Crippen molar-refractivity contribution in [3.63, 3.8) is 0 Å². The molecule has 0 aromatic carbocycles. The highest BCUT2D eigenvalue weighted by Gasteiger charge is 2.38. The van der Waals surface area contributed by atoms with Crippen molar-refractivity contribution in [2.24, 2.45) is 17.8 Å². The minimum atomic E-state index is -0.0128. The van der Waals surface area contributed by atoms with Crippen LogP contribution >= 0.6 is 0 Å². The maximum Gasteiger partial charge on any atom is 0.161 e. The van der Waals surface area contributed by atoms with E-state index in [1.165, 1.54) is 0 Å². The minimum absolute atomic E-state index is 0.0128. The molecule has 5 unspecified atom stereocenters. The largest absolute Gasteiger partial charge is 0.350 e. The smallest absolute Gasteiger partial charge is 0.161 e. The normalized spacial score (nSPS) is 42.2. The SMILES string of the molecule is CCC1OC(OC(C)C)C(C)C(C)C1C. The molecule has 1 heterocycles. The van der Waals surface area contributed by atoms with Gasteiger partial charge in [-0.15, -0.1) is 0 Å². The van der Waals surface area contributed by atoms with Crippen LogP contribution in [0.2, 0.25) is 0 Å². The molecule has 0 aliphatic carbocycles. The van der Waals surface area contributed by atoms with Gasteiger partial charge in [0, 0.05) is 5.92 Å². The molecule has 0 radical (unpaired) electrons. The van der Waals surface area contributed by atoms with Gasteiger partial charge < -0.3 is 9.47 Å². The van der Waals surface area contributed by atoms with Crippen LogP contribution in [-0.2, 0) is 9.47 Å². The Balaban J connectivity index is 2.65. The number of hydrogen-bond acceptors (Lipinski definition) is 2. The Hall–Kier alpha value is -0.0800. The summed E-state index contributed by atoms with van der Waals surface area (Å²) in [6, 6.07) is 0. The van der Waals surface area contributed by atoms with Gasteiger partial charge in [0.1, 0.15) is 0 Å². The molecule has 0 bridgehead atoms. The number of hydrogen-bond donors (Lipinski definition) is 0. The van der Waals surface area contributed by atoms with Gasteiger partial charge >= 0.3 is 0 Å². The van der Waals surface area contributed by atoms with Crippen LogP contribution in [0.4, 0.5) is 0 Å². The molecule has 1 fully saturated rings. The van der Waals surface area contributed by atoms with E-state index >= 15 is 0 Å². The van der Waals surface area contributed by atoms with E-state index in [2.05, 4.69) is 41.5 Å². The molecule has 1 saturated heterocycles. The summed E-state index contributed by atoms with van der Waals surface area (Å²) in [6.07, 6.45) is 1.67. The maximum absolute atomic E-state index is 6.02. The topological polar surface area (TPSA) is 18.5 Å². The Morgan fingerprint density at radius 1 is 1.07 bits per heavy atom. The lowest BCUT2D eigenvalue weighted by Crippen LogP contribution is -2.46. The van der Waals surface area contributed by atoms with Crippen LogP contribution in [0.15, 0.2) is 0 Å². The summed E-state index contributed by atoms with van der Waals surface area (Å²) in [4.78, 5) is 0. The van der Waals surface area contributed by atoms with Gasteiger partial charge in [-0.2, -0.15) is 0 Å². The Morgan fingerprint density at radius 3 is 2.13 bits per heavy atom. The lowest BCUT2D eigenvalue weighted by atomic mass is 9.78. The fourth-order valence-electron chi connectivity index (χ4n) is 2.38. The second-order valence-electron chi connectivity index (χ2n) is 5.21. The van der Waals surface area contributed by atoms with Crippen molar-refractivity contribution < 1.29 is 9.47 Å². The van der Waals surface area contributed by atoms with Gasteiger partial charge in [0.15, 0.2) is 6.29 Å². The minimum Gasteiger partial charge on any atom is -0.350 e. The fraction of sp³-hybridized carbons (Fsp3) is 1.00. The summed E-state index contributed by atoms with van der Waals surface area (Å²) < 4.78 is 11.9. The van der Waals surface area contributed by atoms with Gasteiger partial charge in [0.2, 0.25) is 0 Å². The molecule has 1 rings (SSSR count). The van der Waals surface area contributed by atoms with E-state index in [-0.39, 0.29) is 12.4 Å². The predicted molar refractivity (Wildman–Crippen MR) is 62.7 cm³/mol. The van der Waals surface area contributed by atoms with Crippen molar-refractivity contribution in [3.05, 3.63) is 0 Å². The third-order valence-electron chi connectivity index (χ3n) is 3.79. The van der Waals surface area contributed by atoms with Crippen molar-refractivity contribution >= 4 is 0 Å². The summed E-state index contributed by atoms with van der Waals surface area (Å²) in [7, 11) is 0. The quantitative estimate of drug-likeness (QED) is 0.716. The van der Waals surface area contributed by atoms with Crippen LogP contribution in [0.1, 0.15) is 48.0 Å². The van der Waals surface area contributed by atoms with Crippen molar-refractivity contribution in [1.82, 2.24) is 0 Å². The Kier molecular flexibility index (Phi) is 4.60. The molecule has 2 nitrogen and oxygen atoms in total. The zero-order valence-electron chi connectivity index (χ0n) is 11.0. The first-order valence-electron chi connectivity index (χ1n) is 6.28. The fourth-order valence-corrected chi connectivity index (χ4v) is 2.38. The lowest BCUT2D eigenvalue weighted by molar-refractivity contribution is -0.259. The highest BCUT2D eigenvalue weighted by atomic mass is 16.7. The zero-order valence-corrected chi connectivity index (χ0v) is 11.0. The summed E-state index contributed by atoms with van der Waals surface area (Å²) >= 11 is 0. The van der Waals surface area contributed by atoms with Crippen molar-refractivity contribution in [2.45, 2.75) is 66.5 Å². The maximum atomic E-state index is 6.02. The molecule has 1 aliphatic heterocycles. The highest BCUT2D eigenvalue weighted by Crippen LogP contribution is 2.36. The summed E-state index contributed by atoms with van der Waals surface area (Å²) in [5, 5.41) is 0. The Bertz CT molecular complexity index is 189. The number of rotatable bonds is 3. The van der Waals surface area contributed by atoms with Crippen LogP contribution in [0, 0.1) is 17.8 Å². The molecule has 0 aromatic heterocycles. The average molecular weight is 214 g/mol. The van der Waals surface area contributed by atoms with Crippen LogP contribution in [0.5, 0.6) is 0 Å². The second-order valence-corrected chi connectivity index (χ2v) is 5.21. The lowest BCUT2D eigenvalue weighted by Gasteiger charge is -2.43. The van der Waals surface area contributed by atoms with Gasteiger partial charge in [-0.1, -0.05) is 27.7 Å². The molecule has 0 spiro atoms. The van der Waals surface area contributed by atoms with Gasteiger partial charge in [-0.3, -0.25) is 0 Å². The van der Waals surface area contributed by atoms with Gasteiger partial charge in [0.25, 0.3) is 0 Å². The molecular formula is C13H26O2. The third kappa shape index (κ3) is 2.94. The van der Waals surface area contributed by atoms with Crippen molar-refractivity contribution in [3.8, 4) is 0 Å². The van der Waals surface area contributed by atoms with Crippen molar-refractivity contribution in [1.29, 1.82) is 0 Å². The first kappa shape index (κ1) is 13.0. The van der Waals surface area contributed by atoms with E-state index in [1.807, 2.05) is 0 Å². The summed E-state index contributed by atoms with van der Waals surface area (Å²) in [6.45, 7) is 13.2. The predicted octanol–water partition coefficient (Wildman–Crippen LogP) is 3.45. The van der Waals surface area contributed by atoms with E-state index in [9.17, 15) is 0 Å². The molecule has 0 amide bonds. The molecule has 1 aliphatic rings. The standard InChI is InChI=1S/C13H26O2/c1-7-12-10(5)9(4)11(6)13(15-12)14-8(2)3/h8-13H,7H2,1-6H3. The van der Waals surface area contributed by atoms with Crippen LogP contribution in [-0.4, -0.2) is 18.5 Å². The van der Waals surface area contributed by atoms with Crippen molar-refractivity contribution in [2.75, 3.05) is 0 Å². The molecule has 5 atom stereocenters. The second kappa shape index (κ2) is 5.31. The average Bonchev–Trinajstić information content (AvgIpc) is 2.18. The molecule has 2 heteroatoms. The van der Waals surface area contributed by atoms with E-state index < -0.39 is 0 Å².